The van der Waals surface area contributed by atoms with E-state index in [0.717, 1.165) is 39.1 Å². The number of thioether (sulfide) groups is 1. The van der Waals surface area contributed by atoms with Gasteiger partial charge >= 0.3 is 5.97 Å². The summed E-state index contributed by atoms with van der Waals surface area (Å²) in [6.07, 6.45) is 1.14. The molecule has 1 aromatic rings. The van der Waals surface area contributed by atoms with E-state index in [1.165, 1.54) is 10.5 Å². The van der Waals surface area contributed by atoms with Gasteiger partial charge in [-0.2, -0.15) is 0 Å². The number of nitrogens with zero attached hydrogens (tertiary/aromatic N) is 2. The quantitative estimate of drug-likeness (QED) is 0.811. The molecule has 1 spiro atoms. The minimum absolute atomic E-state index is 0.190. The van der Waals surface area contributed by atoms with Crippen molar-refractivity contribution < 1.29 is 9.90 Å². The molecule has 0 aromatic heterocycles. The number of likely N-dealkylation sites (tertiary alicyclic amines) is 2. The molecule has 0 bridgehead atoms. The molecule has 1 N–H and O–H groups in total. The van der Waals surface area contributed by atoms with Crippen LogP contribution in [-0.2, 0) is 11.3 Å². The zero-order valence-electron chi connectivity index (χ0n) is 14.0. The van der Waals surface area contributed by atoms with Gasteiger partial charge in [0.25, 0.3) is 0 Å². The van der Waals surface area contributed by atoms with Crippen LogP contribution in [0.15, 0.2) is 29.2 Å². The van der Waals surface area contributed by atoms with Crippen molar-refractivity contribution in [2.24, 2.45) is 5.41 Å². The fraction of sp³-hybridized carbons (Fsp3) is 0.611. The Morgan fingerprint density at radius 3 is 2.65 bits per heavy atom. The van der Waals surface area contributed by atoms with Crippen LogP contribution in [0.5, 0.6) is 0 Å². The molecule has 0 aliphatic carbocycles. The molecule has 2 saturated heterocycles. The second kappa shape index (κ2) is 6.83. The van der Waals surface area contributed by atoms with E-state index in [1.54, 1.807) is 0 Å². The van der Waals surface area contributed by atoms with Crippen LogP contribution in [0.3, 0.4) is 0 Å². The lowest BCUT2D eigenvalue weighted by Gasteiger charge is -2.48. The van der Waals surface area contributed by atoms with Gasteiger partial charge in [0.15, 0.2) is 0 Å². The summed E-state index contributed by atoms with van der Waals surface area (Å²) in [5.41, 5.74) is 1.76. The highest BCUT2D eigenvalue weighted by Crippen LogP contribution is 2.40. The van der Waals surface area contributed by atoms with E-state index in [-0.39, 0.29) is 6.54 Å². The van der Waals surface area contributed by atoms with E-state index >= 15 is 0 Å². The number of carboxylic acids is 1. The summed E-state index contributed by atoms with van der Waals surface area (Å²) in [5.74, 6) is -0.710. The van der Waals surface area contributed by atoms with Crippen LogP contribution in [0.25, 0.3) is 0 Å². The SMILES string of the molecule is CC(C)Sc1ccccc1CN1CC2(CCN(CC(=O)O)C2)C1. The van der Waals surface area contributed by atoms with Gasteiger partial charge in [-0.25, -0.2) is 0 Å². The summed E-state index contributed by atoms with van der Waals surface area (Å²) in [6, 6.07) is 8.70. The van der Waals surface area contributed by atoms with E-state index in [9.17, 15) is 4.79 Å². The Balaban J connectivity index is 1.54. The highest BCUT2D eigenvalue weighted by Gasteiger charge is 2.47. The Hall–Kier alpha value is -1.04. The summed E-state index contributed by atoms with van der Waals surface area (Å²) >= 11 is 1.93. The Morgan fingerprint density at radius 1 is 1.26 bits per heavy atom. The van der Waals surface area contributed by atoms with Crippen molar-refractivity contribution in [1.29, 1.82) is 0 Å². The fourth-order valence-corrected chi connectivity index (χ4v) is 4.82. The molecule has 2 aliphatic heterocycles. The lowest BCUT2D eigenvalue weighted by molar-refractivity contribution is -0.138. The summed E-state index contributed by atoms with van der Waals surface area (Å²) in [5, 5.41) is 9.53. The van der Waals surface area contributed by atoms with Crippen molar-refractivity contribution >= 4 is 17.7 Å². The minimum Gasteiger partial charge on any atom is -0.480 e. The topological polar surface area (TPSA) is 43.8 Å². The van der Waals surface area contributed by atoms with Gasteiger partial charge in [0.1, 0.15) is 0 Å². The molecular formula is C18H26N2O2S. The van der Waals surface area contributed by atoms with Gasteiger partial charge in [-0.3, -0.25) is 14.6 Å². The maximum Gasteiger partial charge on any atom is 0.317 e. The molecule has 0 amide bonds. The first-order valence-electron chi connectivity index (χ1n) is 8.37. The number of hydrogen-bond acceptors (Lipinski definition) is 4. The highest BCUT2D eigenvalue weighted by molar-refractivity contribution is 8.00. The van der Waals surface area contributed by atoms with Crippen molar-refractivity contribution in [3.05, 3.63) is 29.8 Å². The predicted molar refractivity (Wildman–Crippen MR) is 93.8 cm³/mol. The van der Waals surface area contributed by atoms with E-state index in [4.69, 9.17) is 5.11 Å². The van der Waals surface area contributed by atoms with E-state index in [0.29, 0.717) is 10.7 Å². The first-order valence-corrected chi connectivity index (χ1v) is 9.25. The van der Waals surface area contributed by atoms with Crippen molar-refractivity contribution in [3.8, 4) is 0 Å². The molecule has 0 atom stereocenters. The van der Waals surface area contributed by atoms with Gasteiger partial charge in [0.2, 0.25) is 0 Å². The van der Waals surface area contributed by atoms with E-state index < -0.39 is 5.97 Å². The second-order valence-electron chi connectivity index (χ2n) is 7.27. The predicted octanol–water partition coefficient (Wildman–Crippen LogP) is 2.78. The third-order valence-corrected chi connectivity index (χ3v) is 5.85. The second-order valence-corrected chi connectivity index (χ2v) is 8.89. The molecular weight excluding hydrogens is 308 g/mol. The number of carboxylic acid groups (broad SMARTS) is 1. The van der Waals surface area contributed by atoms with Crippen LogP contribution >= 0.6 is 11.8 Å². The number of aliphatic carboxylic acids is 1. The number of benzene rings is 1. The van der Waals surface area contributed by atoms with E-state index in [1.807, 2.05) is 11.8 Å². The molecule has 1 aromatic carbocycles. The summed E-state index contributed by atoms with van der Waals surface area (Å²) < 4.78 is 0. The molecule has 4 nitrogen and oxygen atoms in total. The molecule has 3 rings (SSSR count). The molecule has 0 radical (unpaired) electrons. The summed E-state index contributed by atoms with van der Waals surface area (Å²) in [7, 11) is 0. The molecule has 126 valence electrons. The van der Waals surface area contributed by atoms with Crippen molar-refractivity contribution in [2.75, 3.05) is 32.7 Å². The smallest absolute Gasteiger partial charge is 0.317 e. The molecule has 23 heavy (non-hydrogen) atoms. The number of hydrogen-bond donors (Lipinski definition) is 1. The molecule has 0 unspecified atom stereocenters. The van der Waals surface area contributed by atoms with Crippen molar-refractivity contribution in [2.45, 2.75) is 37.0 Å². The molecule has 5 heteroatoms. The first kappa shape index (κ1) is 16.8. The lowest BCUT2D eigenvalue weighted by Crippen LogP contribution is -2.57. The monoisotopic (exact) mass is 334 g/mol. The summed E-state index contributed by atoms with van der Waals surface area (Å²) in [6.45, 7) is 9.74. The molecule has 2 aliphatic rings. The van der Waals surface area contributed by atoms with Gasteiger partial charge < -0.3 is 5.11 Å². The molecule has 2 heterocycles. The van der Waals surface area contributed by atoms with Crippen molar-refractivity contribution in [3.63, 3.8) is 0 Å². The Labute approximate surface area is 142 Å². The maximum absolute atomic E-state index is 10.8. The third kappa shape index (κ3) is 4.08. The van der Waals surface area contributed by atoms with Crippen LogP contribution in [-0.4, -0.2) is 58.8 Å². The number of carbonyl (C=O) groups is 1. The first-order chi connectivity index (χ1) is 11.0. The molecule has 2 fully saturated rings. The largest absolute Gasteiger partial charge is 0.480 e. The van der Waals surface area contributed by atoms with Gasteiger partial charge in [-0.15, -0.1) is 11.8 Å². The van der Waals surface area contributed by atoms with Crippen LogP contribution in [0.2, 0.25) is 0 Å². The van der Waals surface area contributed by atoms with E-state index in [2.05, 4.69) is 47.9 Å². The highest BCUT2D eigenvalue weighted by atomic mass is 32.2. The van der Waals surface area contributed by atoms with Gasteiger partial charge in [-0.1, -0.05) is 32.0 Å². The van der Waals surface area contributed by atoms with Crippen LogP contribution < -0.4 is 0 Å². The van der Waals surface area contributed by atoms with Crippen LogP contribution in [0, 0.1) is 5.41 Å². The zero-order valence-corrected chi connectivity index (χ0v) is 14.8. The average molecular weight is 334 g/mol. The fourth-order valence-electron chi connectivity index (χ4n) is 3.87. The van der Waals surface area contributed by atoms with Crippen molar-refractivity contribution in [1.82, 2.24) is 9.80 Å². The van der Waals surface area contributed by atoms with Crippen LogP contribution in [0.4, 0.5) is 0 Å². The Kier molecular flexibility index (Phi) is 4.99. The Morgan fingerprint density at radius 2 is 1.96 bits per heavy atom. The van der Waals surface area contributed by atoms with Gasteiger partial charge in [-0.05, 0) is 24.6 Å². The van der Waals surface area contributed by atoms with Gasteiger partial charge in [0, 0.05) is 41.7 Å². The normalized spacial score (nSPS) is 21.0. The summed E-state index contributed by atoms with van der Waals surface area (Å²) in [4.78, 5) is 16.8. The number of rotatable bonds is 6. The third-order valence-electron chi connectivity index (χ3n) is 4.72. The zero-order chi connectivity index (χ0) is 16.4. The lowest BCUT2D eigenvalue weighted by atomic mass is 9.79. The van der Waals surface area contributed by atoms with Gasteiger partial charge in [0.05, 0.1) is 6.54 Å². The molecule has 0 saturated carbocycles. The minimum atomic E-state index is -0.710. The standard InChI is InChI=1S/C18H26N2O2S/c1-14(2)23-16-6-4-3-5-15(16)9-20-12-18(13-20)7-8-19(11-18)10-17(21)22/h3-6,14H,7-13H2,1-2H3,(H,21,22). The maximum atomic E-state index is 10.8. The van der Waals surface area contributed by atoms with Crippen LogP contribution in [0.1, 0.15) is 25.8 Å². The average Bonchev–Trinajstić information content (AvgIpc) is 2.83. The Bertz CT molecular complexity index is 570.